The van der Waals surface area contributed by atoms with Crippen molar-refractivity contribution in [2.24, 2.45) is 12.0 Å². The van der Waals surface area contributed by atoms with Crippen LogP contribution in [0.5, 0.6) is 0 Å². The molecule has 1 fully saturated rings. The molecule has 150 valence electrons. The van der Waals surface area contributed by atoms with Crippen LogP contribution in [0.2, 0.25) is 4.34 Å². The second-order valence-corrected chi connectivity index (χ2v) is 8.16. The summed E-state index contributed by atoms with van der Waals surface area (Å²) in [4.78, 5) is 7.46. The average molecular weight is 525 g/mol. The zero-order valence-electron chi connectivity index (χ0n) is 15.4. The maximum absolute atomic E-state index is 10.3. The molecule has 2 aromatic rings. The molecular weight excluding hydrogens is 499 g/mol. The summed E-state index contributed by atoms with van der Waals surface area (Å²) >= 11 is 7.32. The molecule has 0 amide bonds. The van der Waals surface area contributed by atoms with Crippen LogP contribution in [0.15, 0.2) is 29.5 Å². The summed E-state index contributed by atoms with van der Waals surface area (Å²) in [6.45, 7) is 2.32. The van der Waals surface area contributed by atoms with Gasteiger partial charge in [0.25, 0.3) is 0 Å². The van der Waals surface area contributed by atoms with Crippen LogP contribution in [-0.2, 0) is 7.05 Å². The van der Waals surface area contributed by atoms with Gasteiger partial charge >= 0.3 is 0 Å². The van der Waals surface area contributed by atoms with Gasteiger partial charge < -0.3 is 20.6 Å². The van der Waals surface area contributed by atoms with Crippen LogP contribution in [0, 0.1) is 0 Å². The molecule has 0 spiro atoms. The number of nitrogens with zero attached hydrogens (tertiary/aromatic N) is 4. The highest BCUT2D eigenvalue weighted by Crippen LogP contribution is 2.26. The molecular formula is C17H26ClIN6OS. The maximum Gasteiger partial charge on any atom is 0.191 e. The summed E-state index contributed by atoms with van der Waals surface area (Å²) in [5, 5.41) is 21.2. The molecule has 10 heteroatoms. The number of aliphatic hydroxyl groups is 1. The highest BCUT2D eigenvalue weighted by molar-refractivity contribution is 14.0. The van der Waals surface area contributed by atoms with Crippen molar-refractivity contribution >= 4 is 58.6 Å². The molecule has 0 saturated carbocycles. The van der Waals surface area contributed by atoms with E-state index < -0.39 is 6.10 Å². The average Bonchev–Trinajstić information content (AvgIpc) is 3.27. The third-order valence-electron chi connectivity index (χ3n) is 4.43. The molecule has 7 nitrogen and oxygen atoms in total. The lowest BCUT2D eigenvalue weighted by molar-refractivity contribution is 0.184. The van der Waals surface area contributed by atoms with E-state index in [0.29, 0.717) is 22.9 Å². The number of thiophene rings is 1. The summed E-state index contributed by atoms with van der Waals surface area (Å²) in [5.74, 6) is 0.699. The third-order valence-corrected chi connectivity index (χ3v) is 5.76. The largest absolute Gasteiger partial charge is 0.386 e. The Balaban J connectivity index is 0.00000261. The third kappa shape index (κ3) is 6.23. The Morgan fingerprint density at radius 1 is 1.52 bits per heavy atom. The molecule has 2 unspecified atom stereocenters. The Bertz CT molecular complexity index is 751. The van der Waals surface area contributed by atoms with Crippen LogP contribution in [0.25, 0.3) is 0 Å². The van der Waals surface area contributed by atoms with Gasteiger partial charge in [-0.25, -0.2) is 0 Å². The second-order valence-electron chi connectivity index (χ2n) is 6.41. The van der Waals surface area contributed by atoms with E-state index in [9.17, 15) is 5.11 Å². The van der Waals surface area contributed by atoms with Gasteiger partial charge in [-0.3, -0.25) is 9.67 Å². The minimum atomic E-state index is -0.607. The smallest absolute Gasteiger partial charge is 0.191 e. The number of aromatic nitrogens is 2. The molecule has 3 rings (SSSR count). The zero-order valence-corrected chi connectivity index (χ0v) is 19.3. The van der Waals surface area contributed by atoms with Gasteiger partial charge in [0.15, 0.2) is 5.96 Å². The number of halogens is 2. The van der Waals surface area contributed by atoms with Crippen LogP contribution in [0.3, 0.4) is 0 Å². The first-order chi connectivity index (χ1) is 12.5. The van der Waals surface area contributed by atoms with Gasteiger partial charge in [-0.1, -0.05) is 11.6 Å². The lowest BCUT2D eigenvalue weighted by Crippen LogP contribution is -2.51. The van der Waals surface area contributed by atoms with Gasteiger partial charge in [-0.15, -0.1) is 35.3 Å². The van der Waals surface area contributed by atoms with Crippen molar-refractivity contribution < 1.29 is 5.11 Å². The SMILES string of the molecule is CN=C(NCC(O)c1ccc(Cl)s1)NC1CCCN(c2cnn(C)c2)C1.I. The number of anilines is 1. The van der Waals surface area contributed by atoms with Crippen LogP contribution in [0.1, 0.15) is 23.8 Å². The van der Waals surface area contributed by atoms with Gasteiger partial charge in [0.1, 0.15) is 6.10 Å². The molecule has 0 aliphatic carbocycles. The number of hydrogen-bond acceptors (Lipinski definition) is 5. The van der Waals surface area contributed by atoms with Crippen LogP contribution in [-0.4, -0.2) is 53.6 Å². The lowest BCUT2D eigenvalue weighted by Gasteiger charge is -2.34. The van der Waals surface area contributed by atoms with E-state index in [2.05, 4.69) is 25.6 Å². The molecule has 2 atom stereocenters. The summed E-state index contributed by atoms with van der Waals surface area (Å²) in [5.41, 5.74) is 1.15. The molecule has 3 heterocycles. The fourth-order valence-corrected chi connectivity index (χ4v) is 4.14. The number of rotatable bonds is 5. The van der Waals surface area contributed by atoms with Gasteiger partial charge in [-0.2, -0.15) is 5.10 Å². The summed E-state index contributed by atoms with van der Waals surface area (Å²) in [6, 6.07) is 3.94. The fourth-order valence-electron chi connectivity index (χ4n) is 3.09. The van der Waals surface area contributed by atoms with Crippen molar-refractivity contribution in [2.45, 2.75) is 25.0 Å². The van der Waals surface area contributed by atoms with Gasteiger partial charge in [0.2, 0.25) is 0 Å². The highest BCUT2D eigenvalue weighted by atomic mass is 127. The summed E-state index contributed by atoms with van der Waals surface area (Å²) in [7, 11) is 3.67. The first kappa shape index (κ1) is 22.3. The molecule has 2 aromatic heterocycles. The molecule has 0 bridgehead atoms. The van der Waals surface area contributed by atoms with Crippen molar-refractivity contribution in [3.05, 3.63) is 33.7 Å². The normalized spacial score (nSPS) is 18.7. The number of aliphatic imine (C=N–C) groups is 1. The standard InChI is InChI=1S/C17H25ClN6OS.HI/c1-19-17(20-9-14(25)15-5-6-16(18)26-15)22-12-4-3-7-24(10-12)13-8-21-23(2)11-13;/h5-6,8,11-12,14,25H,3-4,7,9-10H2,1-2H3,(H2,19,20,22);1H. The molecule has 27 heavy (non-hydrogen) atoms. The fraction of sp³-hybridized carbons (Fsp3) is 0.529. The highest BCUT2D eigenvalue weighted by Gasteiger charge is 2.22. The maximum atomic E-state index is 10.3. The molecule has 1 aliphatic rings. The first-order valence-corrected chi connectivity index (χ1v) is 9.88. The van der Waals surface area contributed by atoms with E-state index >= 15 is 0 Å². The van der Waals surface area contributed by atoms with E-state index in [1.54, 1.807) is 13.1 Å². The minimum absolute atomic E-state index is 0. The van der Waals surface area contributed by atoms with Crippen molar-refractivity contribution in [1.29, 1.82) is 0 Å². The molecule has 3 N–H and O–H groups in total. The van der Waals surface area contributed by atoms with Crippen molar-refractivity contribution in [1.82, 2.24) is 20.4 Å². The topological polar surface area (TPSA) is 77.7 Å². The first-order valence-electron chi connectivity index (χ1n) is 8.69. The number of piperidine rings is 1. The minimum Gasteiger partial charge on any atom is -0.386 e. The van der Waals surface area contributed by atoms with E-state index in [0.717, 1.165) is 36.5 Å². The molecule has 1 aliphatic heterocycles. The Hall–Kier alpha value is -1.04. The van der Waals surface area contributed by atoms with E-state index in [1.165, 1.54) is 11.3 Å². The van der Waals surface area contributed by atoms with E-state index in [4.69, 9.17) is 11.6 Å². The second kappa shape index (κ2) is 10.5. The number of aliphatic hydroxyl groups excluding tert-OH is 1. The quantitative estimate of drug-likeness (QED) is 0.318. The molecule has 0 aromatic carbocycles. The molecule has 0 radical (unpaired) electrons. The number of aryl methyl sites for hydroxylation is 1. The number of guanidine groups is 1. The number of nitrogens with one attached hydrogen (secondary N) is 2. The van der Waals surface area contributed by atoms with Crippen LogP contribution in [0.4, 0.5) is 5.69 Å². The van der Waals surface area contributed by atoms with Crippen LogP contribution >= 0.6 is 46.9 Å². The number of hydrogen-bond donors (Lipinski definition) is 3. The van der Waals surface area contributed by atoms with Gasteiger partial charge in [0, 0.05) is 50.8 Å². The van der Waals surface area contributed by atoms with Crippen molar-refractivity contribution in [3.8, 4) is 0 Å². The predicted octanol–water partition coefficient (Wildman–Crippen LogP) is 2.62. The Kier molecular flexibility index (Phi) is 8.64. The van der Waals surface area contributed by atoms with Gasteiger partial charge in [0.05, 0.1) is 16.2 Å². The van der Waals surface area contributed by atoms with Crippen LogP contribution < -0.4 is 15.5 Å². The zero-order chi connectivity index (χ0) is 18.5. The lowest BCUT2D eigenvalue weighted by atomic mass is 10.1. The molecule has 1 saturated heterocycles. The summed E-state index contributed by atoms with van der Waals surface area (Å²) in [6.07, 6.45) is 5.53. The summed E-state index contributed by atoms with van der Waals surface area (Å²) < 4.78 is 2.50. The van der Waals surface area contributed by atoms with Gasteiger partial charge in [-0.05, 0) is 25.0 Å². The monoisotopic (exact) mass is 524 g/mol. The van der Waals surface area contributed by atoms with E-state index in [1.807, 2.05) is 30.2 Å². The Labute approximate surface area is 185 Å². The van der Waals surface area contributed by atoms with E-state index in [-0.39, 0.29) is 24.0 Å². The van der Waals surface area contributed by atoms with Crippen molar-refractivity contribution in [2.75, 3.05) is 31.6 Å². The Morgan fingerprint density at radius 2 is 2.33 bits per heavy atom. The Morgan fingerprint density at radius 3 is 2.96 bits per heavy atom. The predicted molar refractivity (Wildman–Crippen MR) is 123 cm³/mol. The van der Waals surface area contributed by atoms with Crippen molar-refractivity contribution in [3.63, 3.8) is 0 Å².